The first kappa shape index (κ1) is 14.6. The molecule has 0 radical (unpaired) electrons. The van der Waals surface area contributed by atoms with Gasteiger partial charge in [0.2, 0.25) is 0 Å². The molecule has 2 aromatic rings. The predicted molar refractivity (Wildman–Crippen MR) is 84.2 cm³/mol. The van der Waals surface area contributed by atoms with Gasteiger partial charge in [0.25, 0.3) is 0 Å². The van der Waals surface area contributed by atoms with Crippen molar-refractivity contribution in [1.82, 2.24) is 4.90 Å². The summed E-state index contributed by atoms with van der Waals surface area (Å²) in [5.41, 5.74) is 1.42. The molecule has 0 aliphatic heterocycles. The summed E-state index contributed by atoms with van der Waals surface area (Å²) in [5.74, 6) is 0.949. The third-order valence-electron chi connectivity index (χ3n) is 3.33. The van der Waals surface area contributed by atoms with Gasteiger partial charge >= 0.3 is 0 Å². The Labute approximate surface area is 122 Å². The summed E-state index contributed by atoms with van der Waals surface area (Å²) in [4.78, 5) is 2.33. The van der Waals surface area contributed by atoms with Gasteiger partial charge < -0.3 is 9.64 Å². The Balaban J connectivity index is 1.58. The highest BCUT2D eigenvalue weighted by Gasteiger charge is 1.99. The summed E-state index contributed by atoms with van der Waals surface area (Å²) in [7, 11) is 2.15. The highest BCUT2D eigenvalue weighted by Crippen LogP contribution is 2.08. The van der Waals surface area contributed by atoms with E-state index in [-0.39, 0.29) is 0 Å². The zero-order valence-electron chi connectivity index (χ0n) is 12.2. The molecule has 0 amide bonds. The molecule has 0 saturated heterocycles. The van der Waals surface area contributed by atoms with Gasteiger partial charge in [-0.25, -0.2) is 0 Å². The summed E-state index contributed by atoms with van der Waals surface area (Å²) >= 11 is 0. The van der Waals surface area contributed by atoms with Crippen LogP contribution in [0.15, 0.2) is 60.7 Å². The van der Waals surface area contributed by atoms with Gasteiger partial charge in [-0.05, 0) is 44.1 Å². The Morgan fingerprint density at radius 3 is 2.20 bits per heavy atom. The van der Waals surface area contributed by atoms with Crippen molar-refractivity contribution in [2.75, 3.05) is 26.7 Å². The molecule has 0 N–H and O–H groups in total. The second-order valence-corrected chi connectivity index (χ2v) is 5.05. The molecule has 106 valence electrons. The van der Waals surface area contributed by atoms with E-state index in [9.17, 15) is 0 Å². The number of aryl methyl sites for hydroxylation is 1. The summed E-state index contributed by atoms with van der Waals surface area (Å²) in [5, 5.41) is 0. The van der Waals surface area contributed by atoms with Gasteiger partial charge in [0.15, 0.2) is 0 Å². The van der Waals surface area contributed by atoms with Crippen LogP contribution in [-0.4, -0.2) is 31.6 Å². The molecule has 0 atom stereocenters. The van der Waals surface area contributed by atoms with E-state index in [1.54, 1.807) is 0 Å². The van der Waals surface area contributed by atoms with Crippen molar-refractivity contribution < 1.29 is 4.74 Å². The smallest absolute Gasteiger partial charge is 0.119 e. The maximum Gasteiger partial charge on any atom is 0.119 e. The Bertz CT molecular complexity index is 424. The number of hydrogen-bond donors (Lipinski definition) is 0. The van der Waals surface area contributed by atoms with Crippen LogP contribution < -0.4 is 4.74 Å². The number of likely N-dealkylation sites (N-methyl/N-ethyl adjacent to an activating group) is 1. The molecule has 20 heavy (non-hydrogen) atoms. The number of nitrogens with zero attached hydrogens (tertiary/aromatic N) is 1. The fourth-order valence-corrected chi connectivity index (χ4v) is 2.15. The van der Waals surface area contributed by atoms with Gasteiger partial charge in [-0.2, -0.15) is 0 Å². The number of hydrogen-bond acceptors (Lipinski definition) is 2. The van der Waals surface area contributed by atoms with E-state index in [4.69, 9.17) is 4.74 Å². The topological polar surface area (TPSA) is 12.5 Å². The van der Waals surface area contributed by atoms with Crippen molar-refractivity contribution in [3.05, 3.63) is 66.2 Å². The Morgan fingerprint density at radius 1 is 0.850 bits per heavy atom. The average Bonchev–Trinajstić information content (AvgIpc) is 2.49. The second kappa shape index (κ2) is 8.39. The number of rotatable bonds is 8. The van der Waals surface area contributed by atoms with Crippen LogP contribution in [0.4, 0.5) is 0 Å². The Kier molecular flexibility index (Phi) is 6.12. The lowest BCUT2D eigenvalue weighted by Gasteiger charge is -2.16. The van der Waals surface area contributed by atoms with E-state index >= 15 is 0 Å². The number of ether oxygens (including phenoxy) is 1. The van der Waals surface area contributed by atoms with Gasteiger partial charge in [0.1, 0.15) is 12.4 Å². The van der Waals surface area contributed by atoms with Crippen LogP contribution in [0.25, 0.3) is 0 Å². The molecule has 0 unspecified atom stereocenters. The minimum atomic E-state index is 0.742. The van der Waals surface area contributed by atoms with Crippen LogP contribution in [-0.2, 0) is 6.42 Å². The zero-order chi connectivity index (χ0) is 14.0. The first-order chi connectivity index (χ1) is 9.84. The van der Waals surface area contributed by atoms with Crippen molar-refractivity contribution in [1.29, 1.82) is 0 Å². The average molecular weight is 269 g/mol. The first-order valence-electron chi connectivity index (χ1n) is 7.25. The monoisotopic (exact) mass is 269 g/mol. The van der Waals surface area contributed by atoms with E-state index in [1.165, 1.54) is 12.0 Å². The molecule has 0 heterocycles. The highest BCUT2D eigenvalue weighted by molar-refractivity contribution is 5.20. The third-order valence-corrected chi connectivity index (χ3v) is 3.33. The van der Waals surface area contributed by atoms with Crippen molar-refractivity contribution in [3.63, 3.8) is 0 Å². The van der Waals surface area contributed by atoms with Crippen molar-refractivity contribution in [3.8, 4) is 5.75 Å². The molecule has 2 rings (SSSR count). The van der Waals surface area contributed by atoms with Crippen molar-refractivity contribution in [2.45, 2.75) is 12.8 Å². The SMILES string of the molecule is CN(CCCc1ccccc1)CCOc1ccccc1. The predicted octanol–water partition coefficient (Wildman–Crippen LogP) is 3.63. The summed E-state index contributed by atoms with van der Waals surface area (Å²) in [6.45, 7) is 2.81. The quantitative estimate of drug-likeness (QED) is 0.725. The molecule has 0 aliphatic carbocycles. The maximum atomic E-state index is 5.70. The number of benzene rings is 2. The van der Waals surface area contributed by atoms with Crippen LogP contribution >= 0.6 is 0 Å². The molecule has 0 bridgehead atoms. The summed E-state index contributed by atoms with van der Waals surface area (Å²) in [6.07, 6.45) is 2.33. The van der Waals surface area contributed by atoms with Gasteiger partial charge in [-0.15, -0.1) is 0 Å². The summed E-state index contributed by atoms with van der Waals surface area (Å²) < 4.78 is 5.70. The highest BCUT2D eigenvalue weighted by atomic mass is 16.5. The number of para-hydroxylation sites is 1. The van der Waals surface area contributed by atoms with E-state index in [1.807, 2.05) is 30.3 Å². The van der Waals surface area contributed by atoms with Crippen molar-refractivity contribution in [2.24, 2.45) is 0 Å². The van der Waals surface area contributed by atoms with Gasteiger partial charge in [-0.1, -0.05) is 48.5 Å². The fraction of sp³-hybridized carbons (Fsp3) is 0.333. The Morgan fingerprint density at radius 2 is 1.50 bits per heavy atom. The van der Waals surface area contributed by atoms with E-state index < -0.39 is 0 Å². The molecule has 0 aromatic heterocycles. The minimum absolute atomic E-state index is 0.742. The third kappa shape index (κ3) is 5.45. The van der Waals surface area contributed by atoms with E-state index in [0.29, 0.717) is 0 Å². The molecular weight excluding hydrogens is 246 g/mol. The van der Waals surface area contributed by atoms with Gasteiger partial charge in [0.05, 0.1) is 0 Å². The molecular formula is C18H23NO. The summed E-state index contributed by atoms with van der Waals surface area (Å²) in [6, 6.07) is 20.7. The van der Waals surface area contributed by atoms with E-state index in [0.717, 1.165) is 31.9 Å². The van der Waals surface area contributed by atoms with Crippen LogP contribution in [0.3, 0.4) is 0 Å². The molecule has 0 fully saturated rings. The first-order valence-corrected chi connectivity index (χ1v) is 7.25. The molecule has 0 saturated carbocycles. The van der Waals surface area contributed by atoms with Gasteiger partial charge in [0, 0.05) is 6.54 Å². The Hall–Kier alpha value is -1.80. The molecule has 0 aliphatic rings. The van der Waals surface area contributed by atoms with Crippen LogP contribution in [0.2, 0.25) is 0 Å². The lowest BCUT2D eigenvalue weighted by Crippen LogP contribution is -2.25. The van der Waals surface area contributed by atoms with Crippen LogP contribution in [0.5, 0.6) is 5.75 Å². The molecule has 2 nitrogen and oxygen atoms in total. The van der Waals surface area contributed by atoms with Crippen LogP contribution in [0, 0.1) is 0 Å². The van der Waals surface area contributed by atoms with E-state index in [2.05, 4.69) is 42.3 Å². The van der Waals surface area contributed by atoms with Crippen LogP contribution in [0.1, 0.15) is 12.0 Å². The lowest BCUT2D eigenvalue weighted by molar-refractivity contribution is 0.236. The molecule has 0 spiro atoms. The normalized spacial score (nSPS) is 10.7. The molecule has 2 heteroatoms. The standard InChI is InChI=1S/C18H23NO/c1-19(14-8-11-17-9-4-2-5-10-17)15-16-20-18-12-6-3-7-13-18/h2-7,9-10,12-13H,8,11,14-16H2,1H3. The fourth-order valence-electron chi connectivity index (χ4n) is 2.15. The maximum absolute atomic E-state index is 5.70. The van der Waals surface area contributed by atoms with Crippen molar-refractivity contribution >= 4 is 0 Å². The van der Waals surface area contributed by atoms with Gasteiger partial charge in [-0.3, -0.25) is 0 Å². The second-order valence-electron chi connectivity index (χ2n) is 5.05. The minimum Gasteiger partial charge on any atom is -0.492 e. The lowest BCUT2D eigenvalue weighted by atomic mass is 10.1. The molecule has 2 aromatic carbocycles. The zero-order valence-corrected chi connectivity index (χ0v) is 12.2. The largest absolute Gasteiger partial charge is 0.492 e.